The molecule has 140 valence electrons. The second kappa shape index (κ2) is 8.37. The number of halogens is 2. The molecule has 1 amide bonds. The standard InChI is InChI=1S/C19H15ClFNO4S/c1-2-25-14-6-4-3-5-13(14)22-16(23)10-26-19(24)18-17(20)12-8-7-11(21)9-15(12)27-18/h3-9H,2,10H2,1H3,(H,22,23). The number of amides is 1. The van der Waals surface area contributed by atoms with Gasteiger partial charge in [0, 0.05) is 10.1 Å². The van der Waals surface area contributed by atoms with E-state index in [-0.39, 0.29) is 9.90 Å². The highest BCUT2D eigenvalue weighted by Gasteiger charge is 2.20. The van der Waals surface area contributed by atoms with Crippen LogP contribution in [0.5, 0.6) is 5.75 Å². The Hall–Kier alpha value is -2.64. The highest BCUT2D eigenvalue weighted by Crippen LogP contribution is 2.36. The summed E-state index contributed by atoms with van der Waals surface area (Å²) in [6.45, 7) is 1.80. The largest absolute Gasteiger partial charge is 0.492 e. The Morgan fingerprint density at radius 2 is 2.00 bits per heavy atom. The average molecular weight is 408 g/mol. The van der Waals surface area contributed by atoms with Crippen LogP contribution in [0.3, 0.4) is 0 Å². The molecule has 0 unspecified atom stereocenters. The zero-order valence-electron chi connectivity index (χ0n) is 14.3. The number of esters is 1. The Labute approximate surface area is 163 Å². The van der Waals surface area contributed by atoms with Crippen molar-refractivity contribution in [2.75, 3.05) is 18.5 Å². The summed E-state index contributed by atoms with van der Waals surface area (Å²) >= 11 is 7.19. The van der Waals surface area contributed by atoms with Crippen molar-refractivity contribution in [2.24, 2.45) is 0 Å². The van der Waals surface area contributed by atoms with Gasteiger partial charge in [0.15, 0.2) is 6.61 Å². The van der Waals surface area contributed by atoms with Gasteiger partial charge in [0.25, 0.3) is 5.91 Å². The van der Waals surface area contributed by atoms with Crippen LogP contribution in [0.15, 0.2) is 42.5 Å². The predicted octanol–water partition coefficient (Wildman–Crippen LogP) is 4.89. The van der Waals surface area contributed by atoms with E-state index in [0.717, 1.165) is 11.3 Å². The van der Waals surface area contributed by atoms with Crippen LogP contribution in [0.25, 0.3) is 10.1 Å². The molecule has 0 atom stereocenters. The second-order valence-corrected chi connectivity index (χ2v) is 6.87. The fourth-order valence-corrected chi connectivity index (χ4v) is 3.83. The summed E-state index contributed by atoms with van der Waals surface area (Å²) in [7, 11) is 0. The molecule has 0 spiro atoms. The number of hydrogen-bond acceptors (Lipinski definition) is 5. The van der Waals surface area contributed by atoms with Crippen molar-refractivity contribution < 1.29 is 23.5 Å². The first-order valence-corrected chi connectivity index (χ1v) is 9.25. The Morgan fingerprint density at radius 1 is 1.22 bits per heavy atom. The second-order valence-electron chi connectivity index (χ2n) is 5.44. The first-order chi connectivity index (χ1) is 13.0. The predicted molar refractivity (Wildman–Crippen MR) is 103 cm³/mol. The van der Waals surface area contributed by atoms with E-state index in [9.17, 15) is 14.0 Å². The lowest BCUT2D eigenvalue weighted by molar-refractivity contribution is -0.119. The van der Waals surface area contributed by atoms with E-state index in [0.29, 0.717) is 28.1 Å². The number of thiophene rings is 1. The lowest BCUT2D eigenvalue weighted by Crippen LogP contribution is -2.21. The fourth-order valence-electron chi connectivity index (χ4n) is 2.40. The third kappa shape index (κ3) is 4.37. The first-order valence-electron chi connectivity index (χ1n) is 8.06. The number of nitrogens with one attached hydrogen (secondary N) is 1. The lowest BCUT2D eigenvalue weighted by atomic mass is 10.2. The van der Waals surface area contributed by atoms with Crippen LogP contribution in [0, 0.1) is 5.82 Å². The average Bonchev–Trinajstić information content (AvgIpc) is 2.97. The van der Waals surface area contributed by atoms with E-state index in [4.69, 9.17) is 21.1 Å². The Bertz CT molecular complexity index is 1000. The fraction of sp³-hybridized carbons (Fsp3) is 0.158. The molecule has 1 aromatic heterocycles. The van der Waals surface area contributed by atoms with Gasteiger partial charge in [0.1, 0.15) is 16.4 Å². The molecular weight excluding hydrogens is 393 g/mol. The number of anilines is 1. The molecular formula is C19H15ClFNO4S. The quantitative estimate of drug-likeness (QED) is 0.591. The van der Waals surface area contributed by atoms with E-state index in [1.54, 1.807) is 24.3 Å². The highest BCUT2D eigenvalue weighted by atomic mass is 35.5. The SMILES string of the molecule is CCOc1ccccc1NC(=O)COC(=O)c1sc2cc(F)ccc2c1Cl. The number of carbonyl (C=O) groups is 2. The van der Waals surface area contributed by atoms with Crippen molar-refractivity contribution >= 4 is 50.6 Å². The van der Waals surface area contributed by atoms with Gasteiger partial charge < -0.3 is 14.8 Å². The molecule has 0 saturated heterocycles. The van der Waals surface area contributed by atoms with Crippen LogP contribution in [-0.2, 0) is 9.53 Å². The number of para-hydroxylation sites is 2. The van der Waals surface area contributed by atoms with Gasteiger partial charge in [-0.3, -0.25) is 4.79 Å². The van der Waals surface area contributed by atoms with E-state index in [2.05, 4.69) is 5.32 Å². The number of benzene rings is 2. The van der Waals surface area contributed by atoms with E-state index in [1.165, 1.54) is 18.2 Å². The summed E-state index contributed by atoms with van der Waals surface area (Å²) < 4.78 is 24.3. The van der Waals surface area contributed by atoms with E-state index < -0.39 is 24.3 Å². The molecule has 0 aliphatic carbocycles. The van der Waals surface area contributed by atoms with Crippen LogP contribution < -0.4 is 10.1 Å². The van der Waals surface area contributed by atoms with Gasteiger partial charge in [-0.1, -0.05) is 23.7 Å². The maximum Gasteiger partial charge on any atom is 0.350 e. The van der Waals surface area contributed by atoms with Gasteiger partial charge in [-0.2, -0.15) is 0 Å². The number of hydrogen-bond donors (Lipinski definition) is 1. The third-order valence-corrected chi connectivity index (χ3v) is 5.21. The zero-order valence-corrected chi connectivity index (χ0v) is 15.8. The van der Waals surface area contributed by atoms with Gasteiger partial charge in [0.05, 0.1) is 17.3 Å². The van der Waals surface area contributed by atoms with Gasteiger partial charge in [-0.25, -0.2) is 9.18 Å². The molecule has 2 aromatic carbocycles. The first kappa shape index (κ1) is 19.1. The van der Waals surface area contributed by atoms with Crippen LogP contribution in [0.4, 0.5) is 10.1 Å². The maximum atomic E-state index is 13.3. The number of fused-ring (bicyclic) bond motifs is 1. The van der Waals surface area contributed by atoms with Crippen molar-refractivity contribution in [3.05, 3.63) is 58.2 Å². The summed E-state index contributed by atoms with van der Waals surface area (Å²) in [4.78, 5) is 24.5. The zero-order chi connectivity index (χ0) is 19.4. The normalized spacial score (nSPS) is 10.6. The molecule has 8 heteroatoms. The van der Waals surface area contributed by atoms with Crippen LogP contribution in [0.1, 0.15) is 16.6 Å². The Morgan fingerprint density at radius 3 is 2.78 bits per heavy atom. The summed E-state index contributed by atoms with van der Waals surface area (Å²) in [5.41, 5.74) is 0.482. The summed E-state index contributed by atoms with van der Waals surface area (Å²) in [5, 5.41) is 3.37. The van der Waals surface area contributed by atoms with Crippen molar-refractivity contribution in [3.63, 3.8) is 0 Å². The molecule has 0 radical (unpaired) electrons. The van der Waals surface area contributed by atoms with Gasteiger partial charge >= 0.3 is 5.97 Å². The summed E-state index contributed by atoms with van der Waals surface area (Å²) in [5.74, 6) is -1.16. The highest BCUT2D eigenvalue weighted by molar-refractivity contribution is 7.21. The minimum atomic E-state index is -0.741. The Balaban J connectivity index is 1.66. The van der Waals surface area contributed by atoms with Gasteiger partial charge in [-0.15, -0.1) is 11.3 Å². The molecule has 27 heavy (non-hydrogen) atoms. The van der Waals surface area contributed by atoms with Crippen LogP contribution >= 0.6 is 22.9 Å². The smallest absolute Gasteiger partial charge is 0.350 e. The van der Waals surface area contributed by atoms with E-state index in [1.807, 2.05) is 6.92 Å². The molecule has 1 N–H and O–H groups in total. The summed E-state index contributed by atoms with van der Waals surface area (Å²) in [6, 6.07) is 11.0. The minimum absolute atomic E-state index is 0.125. The lowest BCUT2D eigenvalue weighted by Gasteiger charge is -2.11. The monoisotopic (exact) mass is 407 g/mol. The molecule has 0 bridgehead atoms. The number of carbonyl (C=O) groups excluding carboxylic acids is 2. The van der Waals surface area contributed by atoms with Crippen LogP contribution in [-0.4, -0.2) is 25.1 Å². The van der Waals surface area contributed by atoms with Crippen molar-refractivity contribution in [3.8, 4) is 5.75 Å². The van der Waals surface area contributed by atoms with Crippen molar-refractivity contribution in [1.29, 1.82) is 0 Å². The maximum absolute atomic E-state index is 13.3. The van der Waals surface area contributed by atoms with Gasteiger partial charge in [0.2, 0.25) is 0 Å². The molecule has 3 aromatic rings. The third-order valence-electron chi connectivity index (χ3n) is 3.57. The molecule has 3 rings (SSSR count). The van der Waals surface area contributed by atoms with Crippen LogP contribution in [0.2, 0.25) is 5.02 Å². The Kier molecular flexibility index (Phi) is 5.93. The molecule has 0 aliphatic rings. The minimum Gasteiger partial charge on any atom is -0.492 e. The molecule has 1 heterocycles. The molecule has 0 saturated carbocycles. The molecule has 5 nitrogen and oxygen atoms in total. The number of rotatable bonds is 6. The van der Waals surface area contributed by atoms with E-state index >= 15 is 0 Å². The number of ether oxygens (including phenoxy) is 2. The van der Waals surface area contributed by atoms with Crippen molar-refractivity contribution in [1.82, 2.24) is 0 Å². The summed E-state index contributed by atoms with van der Waals surface area (Å²) in [6.07, 6.45) is 0. The van der Waals surface area contributed by atoms with Crippen molar-refractivity contribution in [2.45, 2.75) is 6.92 Å². The van der Waals surface area contributed by atoms with Gasteiger partial charge in [-0.05, 0) is 37.3 Å². The topological polar surface area (TPSA) is 64.6 Å². The molecule has 0 aliphatic heterocycles. The molecule has 0 fully saturated rings.